The van der Waals surface area contributed by atoms with Crippen molar-refractivity contribution in [3.8, 4) is 5.75 Å². The van der Waals surface area contributed by atoms with Gasteiger partial charge in [0, 0.05) is 23.0 Å². The van der Waals surface area contributed by atoms with Crippen LogP contribution in [0.15, 0.2) is 48.5 Å². The molecule has 2 N–H and O–H groups in total. The van der Waals surface area contributed by atoms with Gasteiger partial charge < -0.3 is 15.0 Å². The molecule has 0 aliphatic carbocycles. The molecule has 0 spiro atoms. The van der Waals surface area contributed by atoms with E-state index in [0.29, 0.717) is 39.5 Å². The number of carbonyl (C=O) groups is 2. The first kappa shape index (κ1) is 19.4. The zero-order valence-corrected chi connectivity index (χ0v) is 15.9. The average Bonchev–Trinajstić information content (AvgIpc) is 2.95. The molecule has 144 valence electrons. The molecule has 28 heavy (non-hydrogen) atoms. The number of hydrogen-bond acceptors (Lipinski definition) is 3. The molecule has 6 heteroatoms. The number of aromatic nitrogens is 1. The molecule has 0 fully saturated rings. The number of hydrogen-bond donors (Lipinski definition) is 2. The summed E-state index contributed by atoms with van der Waals surface area (Å²) in [4.78, 5) is 27.3. The lowest BCUT2D eigenvalue weighted by Crippen LogP contribution is -2.14. The lowest BCUT2D eigenvalue weighted by Gasteiger charge is -2.09. The predicted molar refractivity (Wildman–Crippen MR) is 105 cm³/mol. The van der Waals surface area contributed by atoms with Gasteiger partial charge in [0.15, 0.2) is 5.78 Å². The number of amides is 1. The number of anilines is 1. The Labute approximate surface area is 162 Å². The maximum atomic E-state index is 13.2. The number of aromatic amines is 1. The van der Waals surface area contributed by atoms with Crippen molar-refractivity contribution in [2.45, 2.75) is 27.4 Å². The molecule has 3 rings (SSSR count). The highest BCUT2D eigenvalue weighted by molar-refractivity contribution is 6.07. The van der Waals surface area contributed by atoms with Crippen molar-refractivity contribution in [3.63, 3.8) is 0 Å². The highest BCUT2D eigenvalue weighted by Gasteiger charge is 2.19. The fraction of sp³-hybridized carbons (Fsp3) is 0.182. The number of Topliss-reactive ketones (excluding diaryl/α,β-unsaturated/α-hetero) is 1. The number of benzene rings is 2. The van der Waals surface area contributed by atoms with Crippen molar-refractivity contribution < 1.29 is 18.7 Å². The number of aryl methyl sites for hydroxylation is 1. The monoisotopic (exact) mass is 380 g/mol. The molecule has 3 aromatic rings. The zero-order chi connectivity index (χ0) is 20.3. The second-order valence-corrected chi connectivity index (χ2v) is 6.58. The predicted octanol–water partition coefficient (Wildman–Crippen LogP) is 4.80. The van der Waals surface area contributed by atoms with E-state index in [9.17, 15) is 14.0 Å². The Morgan fingerprint density at radius 2 is 1.86 bits per heavy atom. The van der Waals surface area contributed by atoms with Crippen LogP contribution < -0.4 is 10.1 Å². The highest BCUT2D eigenvalue weighted by atomic mass is 19.1. The zero-order valence-electron chi connectivity index (χ0n) is 15.9. The molecule has 1 heterocycles. The van der Waals surface area contributed by atoms with Gasteiger partial charge in [-0.25, -0.2) is 4.39 Å². The van der Waals surface area contributed by atoms with Crippen LogP contribution in [-0.4, -0.2) is 16.7 Å². The summed E-state index contributed by atoms with van der Waals surface area (Å²) in [6, 6.07) is 13.1. The lowest BCUT2D eigenvalue weighted by molar-refractivity contribution is 0.101. The van der Waals surface area contributed by atoms with Gasteiger partial charge in [0.25, 0.3) is 5.91 Å². The number of ketones is 1. The summed E-state index contributed by atoms with van der Waals surface area (Å²) in [7, 11) is 0. The standard InChI is InChI=1S/C22H21FN2O3/c1-13-20(15(3)26)14(2)24-21(13)22(27)25-18-8-5-9-19(11-18)28-12-16-6-4-7-17(23)10-16/h4-11,24H,12H2,1-3H3,(H,25,27). The molecule has 2 aromatic carbocycles. The summed E-state index contributed by atoms with van der Waals surface area (Å²) in [6.07, 6.45) is 0. The van der Waals surface area contributed by atoms with Crippen molar-refractivity contribution in [3.05, 3.63) is 82.4 Å². The van der Waals surface area contributed by atoms with E-state index < -0.39 is 0 Å². The van der Waals surface area contributed by atoms with Crippen LogP contribution in [0, 0.1) is 19.7 Å². The normalized spacial score (nSPS) is 10.6. The quantitative estimate of drug-likeness (QED) is 0.603. The number of nitrogens with one attached hydrogen (secondary N) is 2. The Morgan fingerprint density at radius 1 is 1.11 bits per heavy atom. The molecular formula is C22H21FN2O3. The Kier molecular flexibility index (Phi) is 5.59. The van der Waals surface area contributed by atoms with E-state index in [1.165, 1.54) is 19.1 Å². The van der Waals surface area contributed by atoms with Gasteiger partial charge in [0.1, 0.15) is 23.9 Å². The van der Waals surface area contributed by atoms with Gasteiger partial charge in [-0.3, -0.25) is 9.59 Å². The number of H-pyrrole nitrogens is 1. The van der Waals surface area contributed by atoms with E-state index in [1.54, 1.807) is 50.2 Å². The molecule has 0 atom stereocenters. The molecular weight excluding hydrogens is 359 g/mol. The molecule has 0 saturated heterocycles. The Bertz CT molecular complexity index is 1040. The Hall–Kier alpha value is -3.41. The number of halogens is 1. The third kappa shape index (κ3) is 4.28. The van der Waals surface area contributed by atoms with E-state index in [-0.39, 0.29) is 24.1 Å². The lowest BCUT2D eigenvalue weighted by atomic mass is 10.1. The second-order valence-electron chi connectivity index (χ2n) is 6.58. The molecule has 1 aromatic heterocycles. The van der Waals surface area contributed by atoms with Gasteiger partial charge in [-0.1, -0.05) is 18.2 Å². The fourth-order valence-corrected chi connectivity index (χ4v) is 3.16. The summed E-state index contributed by atoms with van der Waals surface area (Å²) >= 11 is 0. The van der Waals surface area contributed by atoms with Crippen LogP contribution in [0.5, 0.6) is 5.75 Å². The Morgan fingerprint density at radius 3 is 2.54 bits per heavy atom. The SMILES string of the molecule is CC(=O)c1c(C)[nH]c(C(=O)Nc2cccc(OCc3cccc(F)c3)c2)c1C. The molecule has 0 aliphatic rings. The highest BCUT2D eigenvalue weighted by Crippen LogP contribution is 2.22. The largest absolute Gasteiger partial charge is 0.489 e. The minimum absolute atomic E-state index is 0.0851. The van der Waals surface area contributed by atoms with E-state index >= 15 is 0 Å². The van der Waals surface area contributed by atoms with Gasteiger partial charge in [-0.15, -0.1) is 0 Å². The third-order valence-electron chi connectivity index (χ3n) is 4.40. The first-order chi connectivity index (χ1) is 13.3. The summed E-state index contributed by atoms with van der Waals surface area (Å²) in [5.41, 5.74) is 3.45. The molecule has 1 amide bonds. The van der Waals surface area contributed by atoms with Crippen LogP contribution in [0.3, 0.4) is 0 Å². The molecule has 0 radical (unpaired) electrons. The van der Waals surface area contributed by atoms with Crippen LogP contribution >= 0.6 is 0 Å². The van der Waals surface area contributed by atoms with Gasteiger partial charge in [-0.2, -0.15) is 0 Å². The van der Waals surface area contributed by atoms with Crippen molar-refractivity contribution in [2.75, 3.05) is 5.32 Å². The maximum Gasteiger partial charge on any atom is 0.272 e. The summed E-state index contributed by atoms with van der Waals surface area (Å²) < 4.78 is 18.9. The third-order valence-corrected chi connectivity index (χ3v) is 4.40. The topological polar surface area (TPSA) is 71.2 Å². The molecule has 0 bridgehead atoms. The smallest absolute Gasteiger partial charge is 0.272 e. The van der Waals surface area contributed by atoms with Gasteiger partial charge in [-0.05, 0) is 56.2 Å². The van der Waals surface area contributed by atoms with Gasteiger partial charge in [0.05, 0.1) is 0 Å². The molecule has 0 unspecified atom stereocenters. The minimum Gasteiger partial charge on any atom is -0.489 e. The summed E-state index contributed by atoms with van der Waals surface area (Å²) in [5.74, 6) is -0.192. The van der Waals surface area contributed by atoms with Crippen LogP contribution in [0.2, 0.25) is 0 Å². The Balaban J connectivity index is 1.71. The van der Waals surface area contributed by atoms with Crippen molar-refractivity contribution in [1.29, 1.82) is 0 Å². The van der Waals surface area contributed by atoms with E-state index in [4.69, 9.17) is 4.74 Å². The van der Waals surface area contributed by atoms with Crippen molar-refractivity contribution >= 4 is 17.4 Å². The average molecular weight is 380 g/mol. The maximum absolute atomic E-state index is 13.2. The van der Waals surface area contributed by atoms with Gasteiger partial charge >= 0.3 is 0 Å². The van der Waals surface area contributed by atoms with Crippen molar-refractivity contribution in [2.24, 2.45) is 0 Å². The first-order valence-electron chi connectivity index (χ1n) is 8.84. The van der Waals surface area contributed by atoms with Crippen LogP contribution in [0.4, 0.5) is 10.1 Å². The number of ether oxygens (including phenoxy) is 1. The summed E-state index contributed by atoms with van der Waals surface area (Å²) in [5, 5.41) is 2.80. The van der Waals surface area contributed by atoms with E-state index in [1.807, 2.05) is 0 Å². The van der Waals surface area contributed by atoms with Crippen LogP contribution in [-0.2, 0) is 6.61 Å². The van der Waals surface area contributed by atoms with E-state index in [0.717, 1.165) is 0 Å². The van der Waals surface area contributed by atoms with Gasteiger partial charge in [0.2, 0.25) is 0 Å². The summed E-state index contributed by atoms with van der Waals surface area (Å²) in [6.45, 7) is 5.20. The number of rotatable bonds is 6. The first-order valence-corrected chi connectivity index (χ1v) is 8.84. The van der Waals surface area contributed by atoms with Crippen molar-refractivity contribution in [1.82, 2.24) is 4.98 Å². The van der Waals surface area contributed by atoms with E-state index in [2.05, 4.69) is 10.3 Å². The molecule has 5 nitrogen and oxygen atoms in total. The minimum atomic E-state index is -0.338. The second kappa shape index (κ2) is 8.08. The number of carbonyl (C=O) groups excluding carboxylic acids is 2. The van der Waals surface area contributed by atoms with Crippen LogP contribution in [0.25, 0.3) is 0 Å². The fourth-order valence-electron chi connectivity index (χ4n) is 3.16. The molecule has 0 aliphatic heterocycles. The van der Waals surface area contributed by atoms with Crippen LogP contribution in [0.1, 0.15) is 44.6 Å². The molecule has 0 saturated carbocycles.